The van der Waals surface area contributed by atoms with Gasteiger partial charge in [0.05, 0.1) is 17.2 Å². The van der Waals surface area contributed by atoms with E-state index in [1.54, 1.807) is 0 Å². The van der Waals surface area contributed by atoms with Gasteiger partial charge in [-0.1, -0.05) is 18.2 Å². The molecule has 0 spiro atoms. The molecule has 1 aromatic rings. The first-order chi connectivity index (χ1) is 14.5. The van der Waals surface area contributed by atoms with Crippen LogP contribution in [-0.2, 0) is 19.1 Å². The van der Waals surface area contributed by atoms with E-state index in [9.17, 15) is 27.2 Å². The Balaban J connectivity index is 1.52. The molecule has 0 bridgehead atoms. The minimum absolute atomic E-state index is 0.0648. The fourth-order valence-electron chi connectivity index (χ4n) is 2.55. The maximum Gasteiger partial charge on any atom is 0.522 e. The van der Waals surface area contributed by atoms with E-state index in [4.69, 9.17) is 21.1 Å². The molecule has 7 nitrogen and oxygen atoms in total. The standard InChI is InChI=1S/C19H21ClF4N2O5/c1-11(26-18(28)10-29-12-2-3-15(20)16(21)8-12)4-5-25-17(27)9-30-13-6-14(7-13)31-19(22,23)24/h2-3,8,13-14H,1,4-7,9-10H2,(H,25,27)(H,26,28)/t13-,14-. The molecule has 172 valence electrons. The minimum Gasteiger partial charge on any atom is -0.484 e. The summed E-state index contributed by atoms with van der Waals surface area (Å²) in [5, 5.41) is 4.95. The molecule has 1 fully saturated rings. The number of carbonyl (C=O) groups excluding carboxylic acids is 2. The Hall–Kier alpha value is -2.37. The summed E-state index contributed by atoms with van der Waals surface area (Å²) in [7, 11) is 0. The second kappa shape index (κ2) is 11.3. The zero-order chi connectivity index (χ0) is 23.0. The molecule has 0 atom stereocenters. The van der Waals surface area contributed by atoms with E-state index >= 15 is 0 Å². The number of amides is 2. The van der Waals surface area contributed by atoms with Gasteiger partial charge < -0.3 is 20.1 Å². The van der Waals surface area contributed by atoms with Gasteiger partial charge in [0.2, 0.25) is 5.91 Å². The summed E-state index contributed by atoms with van der Waals surface area (Å²) < 4.78 is 63.5. The van der Waals surface area contributed by atoms with E-state index in [2.05, 4.69) is 21.9 Å². The summed E-state index contributed by atoms with van der Waals surface area (Å²) in [5.41, 5.74) is 0.322. The maximum atomic E-state index is 13.3. The van der Waals surface area contributed by atoms with Crippen molar-refractivity contribution in [1.82, 2.24) is 10.6 Å². The lowest BCUT2D eigenvalue weighted by atomic mass is 9.92. The van der Waals surface area contributed by atoms with Crippen molar-refractivity contribution >= 4 is 23.4 Å². The van der Waals surface area contributed by atoms with Crippen LogP contribution in [0.3, 0.4) is 0 Å². The lowest BCUT2D eigenvalue weighted by Gasteiger charge is -2.34. The molecule has 2 rings (SSSR count). The molecule has 2 N–H and O–H groups in total. The highest BCUT2D eigenvalue weighted by Gasteiger charge is 2.40. The van der Waals surface area contributed by atoms with Gasteiger partial charge in [0.25, 0.3) is 5.91 Å². The third-order valence-electron chi connectivity index (χ3n) is 4.13. The average molecular weight is 469 g/mol. The number of hydrogen-bond acceptors (Lipinski definition) is 5. The molecule has 0 aliphatic heterocycles. The molecule has 0 radical (unpaired) electrons. The van der Waals surface area contributed by atoms with E-state index in [0.29, 0.717) is 5.70 Å². The van der Waals surface area contributed by atoms with Crippen LogP contribution in [0, 0.1) is 5.82 Å². The molecule has 1 aliphatic rings. The van der Waals surface area contributed by atoms with Crippen LogP contribution in [0.15, 0.2) is 30.5 Å². The molecule has 0 saturated heterocycles. The number of carbonyl (C=O) groups is 2. The Labute approximate surface area is 180 Å². The zero-order valence-electron chi connectivity index (χ0n) is 16.3. The minimum atomic E-state index is -4.68. The van der Waals surface area contributed by atoms with Crippen molar-refractivity contribution in [2.75, 3.05) is 19.8 Å². The molecule has 1 aromatic carbocycles. The van der Waals surface area contributed by atoms with Crippen LogP contribution in [0.1, 0.15) is 19.3 Å². The van der Waals surface area contributed by atoms with E-state index in [1.165, 1.54) is 12.1 Å². The molecule has 0 unspecified atom stereocenters. The van der Waals surface area contributed by atoms with Crippen LogP contribution in [0.5, 0.6) is 5.75 Å². The lowest BCUT2D eigenvalue weighted by Crippen LogP contribution is -2.42. The van der Waals surface area contributed by atoms with Gasteiger partial charge in [-0.05, 0) is 12.1 Å². The second-order valence-electron chi connectivity index (χ2n) is 6.71. The Morgan fingerprint density at radius 3 is 2.52 bits per heavy atom. The van der Waals surface area contributed by atoms with Crippen LogP contribution in [0.25, 0.3) is 0 Å². The van der Waals surface area contributed by atoms with Crippen molar-refractivity contribution in [3.63, 3.8) is 0 Å². The van der Waals surface area contributed by atoms with Gasteiger partial charge in [0.15, 0.2) is 6.61 Å². The molecule has 1 saturated carbocycles. The third-order valence-corrected chi connectivity index (χ3v) is 4.43. The number of rotatable bonds is 11. The smallest absolute Gasteiger partial charge is 0.484 e. The molecular formula is C19H21ClF4N2O5. The number of nitrogens with one attached hydrogen (secondary N) is 2. The lowest BCUT2D eigenvalue weighted by molar-refractivity contribution is -0.357. The monoisotopic (exact) mass is 468 g/mol. The summed E-state index contributed by atoms with van der Waals surface area (Å²) >= 11 is 5.55. The molecule has 12 heteroatoms. The largest absolute Gasteiger partial charge is 0.522 e. The second-order valence-corrected chi connectivity index (χ2v) is 7.11. The van der Waals surface area contributed by atoms with E-state index < -0.39 is 36.2 Å². The van der Waals surface area contributed by atoms with Crippen molar-refractivity contribution in [1.29, 1.82) is 0 Å². The van der Waals surface area contributed by atoms with Crippen LogP contribution in [0.2, 0.25) is 5.02 Å². The number of alkyl halides is 3. The average Bonchev–Trinajstić information content (AvgIpc) is 2.63. The van der Waals surface area contributed by atoms with Crippen molar-refractivity contribution < 1.29 is 41.4 Å². The van der Waals surface area contributed by atoms with Crippen LogP contribution in [0.4, 0.5) is 17.6 Å². The van der Waals surface area contributed by atoms with Crippen molar-refractivity contribution in [2.24, 2.45) is 0 Å². The van der Waals surface area contributed by atoms with Crippen LogP contribution in [-0.4, -0.2) is 50.1 Å². The highest BCUT2D eigenvalue weighted by molar-refractivity contribution is 6.30. The van der Waals surface area contributed by atoms with Gasteiger partial charge in [-0.2, -0.15) is 0 Å². The van der Waals surface area contributed by atoms with Gasteiger partial charge in [0, 0.05) is 37.6 Å². The van der Waals surface area contributed by atoms with Crippen molar-refractivity contribution in [2.45, 2.75) is 37.8 Å². The molecule has 2 amide bonds. The number of hydrogen-bond donors (Lipinski definition) is 2. The molecule has 0 heterocycles. The normalized spacial score (nSPS) is 18.1. The quantitative estimate of drug-likeness (QED) is 0.487. The fraction of sp³-hybridized carbons (Fsp3) is 0.474. The highest BCUT2D eigenvalue weighted by Crippen LogP contribution is 2.31. The molecule has 0 aromatic heterocycles. The molecule has 31 heavy (non-hydrogen) atoms. The summed E-state index contributed by atoms with van der Waals surface area (Å²) in [5.74, 6) is -1.50. The molecule has 1 aliphatic carbocycles. The van der Waals surface area contributed by atoms with E-state index in [-0.39, 0.29) is 49.8 Å². The Morgan fingerprint density at radius 1 is 1.16 bits per heavy atom. The SMILES string of the molecule is C=C(CCNC(=O)CO[C@H]1C[C@H](OC(F)(F)F)C1)NC(=O)COc1ccc(Cl)c(F)c1. The topological polar surface area (TPSA) is 85.9 Å². The Morgan fingerprint density at radius 2 is 1.87 bits per heavy atom. The van der Waals surface area contributed by atoms with Gasteiger partial charge in [-0.25, -0.2) is 4.39 Å². The van der Waals surface area contributed by atoms with Gasteiger partial charge in [-0.15, -0.1) is 13.2 Å². The first-order valence-electron chi connectivity index (χ1n) is 9.20. The van der Waals surface area contributed by atoms with Crippen molar-refractivity contribution in [3.8, 4) is 5.75 Å². The Kier molecular flexibility index (Phi) is 9.08. The zero-order valence-corrected chi connectivity index (χ0v) is 17.0. The summed E-state index contributed by atoms with van der Waals surface area (Å²) in [4.78, 5) is 23.5. The fourth-order valence-corrected chi connectivity index (χ4v) is 2.66. The van der Waals surface area contributed by atoms with Gasteiger partial charge in [-0.3, -0.25) is 14.3 Å². The maximum absolute atomic E-state index is 13.3. The van der Waals surface area contributed by atoms with E-state index in [1.807, 2.05) is 0 Å². The van der Waals surface area contributed by atoms with E-state index in [0.717, 1.165) is 6.07 Å². The number of benzene rings is 1. The predicted octanol–water partition coefficient (Wildman–Crippen LogP) is 3.08. The highest BCUT2D eigenvalue weighted by atomic mass is 35.5. The Bertz CT molecular complexity index is 800. The summed E-state index contributed by atoms with van der Waals surface area (Å²) in [6.07, 6.45) is -5.70. The van der Waals surface area contributed by atoms with Crippen LogP contribution >= 0.6 is 11.6 Å². The van der Waals surface area contributed by atoms with Crippen LogP contribution < -0.4 is 15.4 Å². The molecular weight excluding hydrogens is 448 g/mol. The van der Waals surface area contributed by atoms with Crippen molar-refractivity contribution in [3.05, 3.63) is 41.3 Å². The first-order valence-corrected chi connectivity index (χ1v) is 9.58. The van der Waals surface area contributed by atoms with Gasteiger partial charge >= 0.3 is 6.36 Å². The summed E-state index contributed by atoms with van der Waals surface area (Å²) in [6, 6.07) is 3.77. The first kappa shape index (κ1) is 24.9. The number of halogens is 5. The number of ether oxygens (including phenoxy) is 3. The predicted molar refractivity (Wildman–Crippen MR) is 102 cm³/mol. The third kappa shape index (κ3) is 9.53. The van der Waals surface area contributed by atoms with Gasteiger partial charge in [0.1, 0.15) is 18.2 Å². The summed E-state index contributed by atoms with van der Waals surface area (Å²) in [6.45, 7) is 3.14.